The molecule has 1 heterocycles. The first-order valence-electron chi connectivity index (χ1n) is 12.6. The Balaban J connectivity index is 1.84. The number of carbonyl (C=O) groups excluding carboxylic acids is 3. The predicted octanol–water partition coefficient (Wildman–Crippen LogP) is 4.28. The molecule has 0 spiro atoms. The third-order valence-electron chi connectivity index (χ3n) is 5.52. The lowest BCUT2D eigenvalue weighted by molar-refractivity contribution is -0.132. The summed E-state index contributed by atoms with van der Waals surface area (Å²) in [4.78, 5) is 40.5. The first-order valence-corrected chi connectivity index (χ1v) is 12.6. The SMILES string of the molecule is COc1cc2ncc(C#N)c(Nc3cc(C)ccc3CC(=O)NCCNC(=O)OC(C)(C)C)c2cc1OC(C)=O. The number of nitriles is 1. The molecule has 2 aromatic carbocycles. The van der Waals surface area contributed by atoms with Gasteiger partial charge in [-0.05, 0) is 51.0 Å². The van der Waals surface area contributed by atoms with Crippen molar-refractivity contribution in [1.82, 2.24) is 15.6 Å². The van der Waals surface area contributed by atoms with Gasteiger partial charge in [-0.2, -0.15) is 5.26 Å². The van der Waals surface area contributed by atoms with E-state index in [9.17, 15) is 19.6 Å². The second-order valence-electron chi connectivity index (χ2n) is 10.0. The van der Waals surface area contributed by atoms with Crippen molar-refractivity contribution >= 4 is 40.2 Å². The van der Waals surface area contributed by atoms with Gasteiger partial charge >= 0.3 is 12.1 Å². The van der Waals surface area contributed by atoms with E-state index in [1.165, 1.54) is 20.2 Å². The summed E-state index contributed by atoms with van der Waals surface area (Å²) in [5, 5.41) is 19.0. The highest BCUT2D eigenvalue weighted by Crippen LogP contribution is 2.38. The molecule has 40 heavy (non-hydrogen) atoms. The van der Waals surface area contributed by atoms with Crippen LogP contribution in [0.1, 0.15) is 44.4 Å². The molecule has 2 amide bonds. The van der Waals surface area contributed by atoms with Crippen LogP contribution in [0.15, 0.2) is 36.5 Å². The summed E-state index contributed by atoms with van der Waals surface area (Å²) in [5.74, 6) is -0.268. The molecular weight excluding hydrogens is 514 g/mol. The highest BCUT2D eigenvalue weighted by molar-refractivity contribution is 5.98. The van der Waals surface area contributed by atoms with Crippen LogP contribution in [0.3, 0.4) is 0 Å². The molecule has 0 unspecified atom stereocenters. The Morgan fingerprint density at radius 2 is 1.77 bits per heavy atom. The molecule has 3 rings (SSSR count). The number of esters is 1. The number of rotatable bonds is 9. The summed E-state index contributed by atoms with van der Waals surface area (Å²) in [6.07, 6.45) is 0.932. The zero-order chi connectivity index (χ0) is 29.4. The zero-order valence-electron chi connectivity index (χ0n) is 23.4. The monoisotopic (exact) mass is 547 g/mol. The van der Waals surface area contributed by atoms with Crippen LogP contribution in [0.4, 0.5) is 16.2 Å². The van der Waals surface area contributed by atoms with Crippen LogP contribution in [-0.4, -0.2) is 48.8 Å². The van der Waals surface area contributed by atoms with Crippen LogP contribution in [0.2, 0.25) is 0 Å². The van der Waals surface area contributed by atoms with E-state index in [2.05, 4.69) is 27.0 Å². The average molecular weight is 548 g/mol. The van der Waals surface area contributed by atoms with Crippen molar-refractivity contribution in [2.45, 2.75) is 46.6 Å². The molecule has 3 aromatic rings. The third kappa shape index (κ3) is 8.07. The summed E-state index contributed by atoms with van der Waals surface area (Å²) in [6.45, 7) is 8.94. The number of nitrogens with one attached hydrogen (secondary N) is 3. The van der Waals surface area contributed by atoms with Gasteiger partial charge in [0.25, 0.3) is 0 Å². The van der Waals surface area contributed by atoms with E-state index in [1.54, 1.807) is 32.9 Å². The quantitative estimate of drug-likeness (QED) is 0.202. The molecule has 0 fully saturated rings. The van der Waals surface area contributed by atoms with Crippen LogP contribution in [-0.2, 0) is 20.7 Å². The Morgan fingerprint density at radius 1 is 1.05 bits per heavy atom. The number of pyridine rings is 1. The Kier molecular flexibility index (Phi) is 9.50. The van der Waals surface area contributed by atoms with Crippen LogP contribution in [0, 0.1) is 18.3 Å². The fourth-order valence-electron chi connectivity index (χ4n) is 3.83. The second-order valence-corrected chi connectivity index (χ2v) is 10.0. The number of carbonyl (C=O) groups is 3. The molecule has 0 saturated carbocycles. The minimum absolute atomic E-state index is 0.0481. The molecule has 11 heteroatoms. The van der Waals surface area contributed by atoms with Crippen molar-refractivity contribution < 1.29 is 28.6 Å². The molecule has 3 N–H and O–H groups in total. The molecule has 0 saturated heterocycles. The number of benzene rings is 2. The van der Waals surface area contributed by atoms with Crippen molar-refractivity contribution in [2.24, 2.45) is 0 Å². The largest absolute Gasteiger partial charge is 0.493 e. The van der Waals surface area contributed by atoms with Crippen molar-refractivity contribution in [3.63, 3.8) is 0 Å². The van der Waals surface area contributed by atoms with Crippen LogP contribution >= 0.6 is 0 Å². The van der Waals surface area contributed by atoms with E-state index in [4.69, 9.17) is 14.2 Å². The molecule has 0 aliphatic rings. The number of anilines is 2. The number of hydrogen-bond donors (Lipinski definition) is 3. The van der Waals surface area contributed by atoms with Gasteiger partial charge in [0.05, 0.1) is 30.3 Å². The van der Waals surface area contributed by atoms with E-state index in [1.807, 2.05) is 25.1 Å². The van der Waals surface area contributed by atoms with Gasteiger partial charge in [0.15, 0.2) is 11.5 Å². The minimum Gasteiger partial charge on any atom is -0.493 e. The van der Waals surface area contributed by atoms with E-state index < -0.39 is 17.7 Å². The second kappa shape index (κ2) is 12.8. The number of nitrogens with zero attached hydrogens (tertiary/aromatic N) is 2. The molecule has 210 valence electrons. The molecular formula is C29H33N5O6. The highest BCUT2D eigenvalue weighted by atomic mass is 16.6. The molecule has 0 aliphatic heterocycles. The minimum atomic E-state index is -0.609. The lowest BCUT2D eigenvalue weighted by Gasteiger charge is -2.19. The number of aryl methyl sites for hydroxylation is 1. The summed E-state index contributed by atoms with van der Waals surface area (Å²) in [5.41, 5.74) is 2.85. The van der Waals surface area contributed by atoms with Crippen molar-refractivity contribution in [1.29, 1.82) is 5.26 Å². The fraction of sp³-hybridized carbons (Fsp3) is 0.345. The standard InChI is InChI=1S/C29H33N5O6/c1-17-7-8-19(12-26(36)31-9-10-32-28(37)40-29(3,4)5)22(11-17)34-27-20(15-30)16-33-23-14-24(38-6)25(13-21(23)27)39-18(2)35/h7-8,11,13-14,16H,9-10,12H2,1-6H3,(H,31,36)(H,32,37)(H,33,34). The molecule has 1 aromatic heterocycles. The molecule has 0 bridgehead atoms. The average Bonchev–Trinajstić information content (AvgIpc) is 2.86. The number of fused-ring (bicyclic) bond motifs is 1. The third-order valence-corrected chi connectivity index (χ3v) is 5.52. The van der Waals surface area contributed by atoms with Gasteiger partial charge in [-0.25, -0.2) is 4.79 Å². The topological polar surface area (TPSA) is 152 Å². The maximum Gasteiger partial charge on any atom is 0.407 e. The van der Waals surface area contributed by atoms with Gasteiger partial charge < -0.3 is 30.2 Å². The number of ether oxygens (including phenoxy) is 3. The number of amides is 2. The van der Waals surface area contributed by atoms with Gasteiger partial charge in [-0.1, -0.05) is 12.1 Å². The summed E-state index contributed by atoms with van der Waals surface area (Å²) in [6, 6.07) is 10.9. The van der Waals surface area contributed by atoms with Gasteiger partial charge in [0, 0.05) is 43.4 Å². The molecule has 0 atom stereocenters. The van der Waals surface area contributed by atoms with Gasteiger partial charge in [-0.3, -0.25) is 14.6 Å². The fourth-order valence-corrected chi connectivity index (χ4v) is 3.83. The van der Waals surface area contributed by atoms with Gasteiger partial charge in [-0.15, -0.1) is 0 Å². The van der Waals surface area contributed by atoms with Crippen molar-refractivity contribution in [3.05, 3.63) is 53.2 Å². The summed E-state index contributed by atoms with van der Waals surface area (Å²) in [7, 11) is 1.45. The number of aromatic nitrogens is 1. The van der Waals surface area contributed by atoms with Gasteiger partial charge in [0.2, 0.25) is 5.91 Å². The normalized spacial score (nSPS) is 10.8. The smallest absolute Gasteiger partial charge is 0.407 e. The van der Waals surface area contributed by atoms with Gasteiger partial charge in [0.1, 0.15) is 11.7 Å². The van der Waals surface area contributed by atoms with E-state index >= 15 is 0 Å². The van der Waals surface area contributed by atoms with Crippen LogP contribution < -0.4 is 25.4 Å². The zero-order valence-corrected chi connectivity index (χ0v) is 23.4. The Hall–Kier alpha value is -4.85. The van der Waals surface area contributed by atoms with Crippen molar-refractivity contribution in [2.75, 3.05) is 25.5 Å². The predicted molar refractivity (Wildman–Crippen MR) is 150 cm³/mol. The highest BCUT2D eigenvalue weighted by Gasteiger charge is 2.18. The number of alkyl carbamates (subject to hydrolysis) is 1. The summed E-state index contributed by atoms with van der Waals surface area (Å²) < 4.78 is 15.8. The molecule has 11 nitrogen and oxygen atoms in total. The maximum absolute atomic E-state index is 12.7. The maximum atomic E-state index is 12.7. The Bertz CT molecular complexity index is 1470. The number of methoxy groups -OCH3 is 1. The van der Waals surface area contributed by atoms with Crippen molar-refractivity contribution in [3.8, 4) is 17.6 Å². The first kappa shape index (κ1) is 29.7. The molecule has 0 aliphatic carbocycles. The van der Waals surface area contributed by atoms with E-state index in [0.29, 0.717) is 33.6 Å². The Morgan fingerprint density at radius 3 is 2.42 bits per heavy atom. The number of hydrogen-bond acceptors (Lipinski definition) is 9. The lowest BCUT2D eigenvalue weighted by Crippen LogP contribution is -2.38. The van der Waals surface area contributed by atoms with Crippen LogP contribution in [0.5, 0.6) is 11.5 Å². The first-order chi connectivity index (χ1) is 18.9. The van der Waals surface area contributed by atoms with E-state index in [0.717, 1.165) is 5.56 Å². The molecule has 0 radical (unpaired) electrons. The summed E-state index contributed by atoms with van der Waals surface area (Å²) >= 11 is 0. The lowest BCUT2D eigenvalue weighted by atomic mass is 10.0. The van der Waals surface area contributed by atoms with E-state index in [-0.39, 0.29) is 36.7 Å². The van der Waals surface area contributed by atoms with Crippen LogP contribution in [0.25, 0.3) is 10.9 Å². The Labute approximate surface area is 232 Å².